The van der Waals surface area contributed by atoms with Gasteiger partial charge in [-0.3, -0.25) is 9.59 Å². The van der Waals surface area contributed by atoms with Crippen molar-refractivity contribution in [1.29, 1.82) is 0 Å². The van der Waals surface area contributed by atoms with Crippen LogP contribution in [0.1, 0.15) is 16.7 Å². The molecule has 4 aromatic carbocycles. The second-order valence-corrected chi connectivity index (χ2v) is 9.75. The van der Waals surface area contributed by atoms with Crippen molar-refractivity contribution in [2.45, 2.75) is 25.6 Å². The molecule has 0 fully saturated rings. The second-order valence-electron chi connectivity index (χ2n) is 8.91. The number of amides is 2. The van der Waals surface area contributed by atoms with E-state index < -0.39 is 6.04 Å². The molecule has 2 amide bonds. The van der Waals surface area contributed by atoms with Gasteiger partial charge in [0, 0.05) is 29.6 Å². The lowest BCUT2D eigenvalue weighted by molar-refractivity contribution is -0.142. The first kappa shape index (κ1) is 28.1. The summed E-state index contributed by atoms with van der Waals surface area (Å²) in [5.74, 6) is -0.597. The second kappa shape index (κ2) is 13.8. The van der Waals surface area contributed by atoms with E-state index >= 15 is 0 Å². The quantitative estimate of drug-likeness (QED) is 0.227. The van der Waals surface area contributed by atoms with Crippen LogP contribution in [0.5, 0.6) is 5.75 Å². The molecule has 0 aromatic heterocycles. The van der Waals surface area contributed by atoms with Gasteiger partial charge in [-0.15, -0.1) is 0 Å². The van der Waals surface area contributed by atoms with E-state index in [1.165, 1.54) is 17.0 Å². The van der Waals surface area contributed by atoms with Gasteiger partial charge in [0.15, 0.2) is 6.61 Å². The highest BCUT2D eigenvalue weighted by Gasteiger charge is 2.30. The molecule has 0 bridgehead atoms. The molecular formula is C31H27Cl2FN2O3. The van der Waals surface area contributed by atoms with Crippen LogP contribution in [0, 0.1) is 5.82 Å². The van der Waals surface area contributed by atoms with Gasteiger partial charge in [-0.05, 0) is 53.1 Å². The van der Waals surface area contributed by atoms with E-state index in [-0.39, 0.29) is 43.7 Å². The minimum absolute atomic E-state index is 0.0872. The van der Waals surface area contributed by atoms with Crippen LogP contribution in [-0.4, -0.2) is 29.4 Å². The summed E-state index contributed by atoms with van der Waals surface area (Å²) in [6, 6.07) is 28.4. The standard InChI is InChI=1S/C31H27Cl2FN2O3/c32-25-14-13-24(28(33)18-25)19-35-31(38)29(17-22-7-3-1-4-8-22)36(20-23-11-15-26(34)16-12-23)30(37)21-39-27-9-5-2-6-10-27/h1-16,18,29H,17,19-21H2,(H,35,38). The van der Waals surface area contributed by atoms with E-state index in [1.54, 1.807) is 42.5 Å². The molecule has 0 spiro atoms. The van der Waals surface area contributed by atoms with E-state index in [0.717, 1.165) is 5.56 Å². The predicted octanol–water partition coefficient (Wildman–Crippen LogP) is 6.47. The Morgan fingerprint density at radius 1 is 0.846 bits per heavy atom. The third kappa shape index (κ3) is 8.31. The van der Waals surface area contributed by atoms with Crippen molar-refractivity contribution in [1.82, 2.24) is 10.2 Å². The van der Waals surface area contributed by atoms with Crippen molar-refractivity contribution >= 4 is 35.0 Å². The van der Waals surface area contributed by atoms with Crippen LogP contribution >= 0.6 is 23.2 Å². The number of carbonyl (C=O) groups is 2. The maximum atomic E-state index is 13.7. The van der Waals surface area contributed by atoms with Crippen LogP contribution in [0.3, 0.4) is 0 Å². The number of nitrogens with zero attached hydrogens (tertiary/aromatic N) is 1. The molecule has 4 aromatic rings. The number of rotatable bonds is 11. The third-order valence-corrected chi connectivity index (χ3v) is 6.70. The SMILES string of the molecule is O=C(NCc1ccc(Cl)cc1Cl)C(Cc1ccccc1)N(Cc1ccc(F)cc1)C(=O)COc1ccccc1. The summed E-state index contributed by atoms with van der Waals surface area (Å²) in [5.41, 5.74) is 2.25. The first-order chi connectivity index (χ1) is 18.9. The molecule has 1 N–H and O–H groups in total. The van der Waals surface area contributed by atoms with Crippen LogP contribution < -0.4 is 10.1 Å². The molecule has 0 aliphatic rings. The van der Waals surface area contributed by atoms with Gasteiger partial charge in [0.05, 0.1) is 0 Å². The molecule has 4 rings (SSSR count). The number of hydrogen-bond acceptors (Lipinski definition) is 3. The van der Waals surface area contributed by atoms with E-state index in [2.05, 4.69) is 5.32 Å². The van der Waals surface area contributed by atoms with Crippen molar-refractivity contribution in [2.75, 3.05) is 6.61 Å². The monoisotopic (exact) mass is 564 g/mol. The molecule has 1 unspecified atom stereocenters. The minimum Gasteiger partial charge on any atom is -0.484 e. The number of nitrogens with one attached hydrogen (secondary N) is 1. The van der Waals surface area contributed by atoms with Gasteiger partial charge >= 0.3 is 0 Å². The van der Waals surface area contributed by atoms with Crippen LogP contribution in [0.15, 0.2) is 103 Å². The first-order valence-electron chi connectivity index (χ1n) is 12.4. The normalized spacial score (nSPS) is 11.5. The highest BCUT2D eigenvalue weighted by Crippen LogP contribution is 2.21. The molecule has 0 radical (unpaired) electrons. The Morgan fingerprint density at radius 3 is 2.18 bits per heavy atom. The predicted molar refractivity (Wildman–Crippen MR) is 151 cm³/mol. The summed E-state index contributed by atoms with van der Waals surface area (Å²) in [6.07, 6.45) is 0.263. The molecule has 0 saturated heterocycles. The van der Waals surface area contributed by atoms with Crippen molar-refractivity contribution in [3.05, 3.63) is 136 Å². The Kier molecular flexibility index (Phi) is 9.95. The van der Waals surface area contributed by atoms with Crippen molar-refractivity contribution < 1.29 is 18.7 Å². The molecule has 200 valence electrons. The first-order valence-corrected chi connectivity index (χ1v) is 13.1. The fourth-order valence-corrected chi connectivity index (χ4v) is 4.53. The summed E-state index contributed by atoms with van der Waals surface area (Å²) in [7, 11) is 0. The van der Waals surface area contributed by atoms with Crippen LogP contribution in [0.4, 0.5) is 4.39 Å². The molecule has 1 atom stereocenters. The van der Waals surface area contributed by atoms with E-state index in [1.807, 2.05) is 48.5 Å². The van der Waals surface area contributed by atoms with Gasteiger partial charge in [0.25, 0.3) is 5.91 Å². The van der Waals surface area contributed by atoms with Crippen LogP contribution in [0.2, 0.25) is 10.0 Å². The van der Waals surface area contributed by atoms with Gasteiger partial charge in [-0.2, -0.15) is 0 Å². The number of halogens is 3. The van der Waals surface area contributed by atoms with E-state index in [4.69, 9.17) is 27.9 Å². The number of benzene rings is 4. The van der Waals surface area contributed by atoms with Crippen molar-refractivity contribution in [3.8, 4) is 5.75 Å². The highest BCUT2D eigenvalue weighted by atomic mass is 35.5. The van der Waals surface area contributed by atoms with Gasteiger partial charge in [0.1, 0.15) is 17.6 Å². The number of para-hydroxylation sites is 1. The number of hydrogen-bond donors (Lipinski definition) is 1. The lowest BCUT2D eigenvalue weighted by atomic mass is 10.0. The summed E-state index contributed by atoms with van der Waals surface area (Å²) < 4.78 is 19.3. The summed E-state index contributed by atoms with van der Waals surface area (Å²) in [5, 5.41) is 3.84. The Morgan fingerprint density at radius 2 is 1.51 bits per heavy atom. The van der Waals surface area contributed by atoms with Crippen molar-refractivity contribution in [3.63, 3.8) is 0 Å². The van der Waals surface area contributed by atoms with Crippen molar-refractivity contribution in [2.24, 2.45) is 0 Å². The van der Waals surface area contributed by atoms with Gasteiger partial charge in [-0.25, -0.2) is 4.39 Å². The summed E-state index contributed by atoms with van der Waals surface area (Å²) in [4.78, 5) is 28.8. The van der Waals surface area contributed by atoms with Crippen LogP contribution in [0.25, 0.3) is 0 Å². The highest BCUT2D eigenvalue weighted by molar-refractivity contribution is 6.35. The average Bonchev–Trinajstić information content (AvgIpc) is 2.95. The van der Waals surface area contributed by atoms with E-state index in [9.17, 15) is 14.0 Å². The minimum atomic E-state index is -0.879. The fraction of sp³-hybridized carbons (Fsp3) is 0.161. The largest absolute Gasteiger partial charge is 0.484 e. The zero-order valence-electron chi connectivity index (χ0n) is 21.0. The zero-order valence-corrected chi connectivity index (χ0v) is 22.5. The average molecular weight is 565 g/mol. The Labute approximate surface area is 237 Å². The maximum absolute atomic E-state index is 13.7. The number of carbonyl (C=O) groups excluding carboxylic acids is 2. The zero-order chi connectivity index (χ0) is 27.6. The lowest BCUT2D eigenvalue weighted by Crippen LogP contribution is -2.51. The van der Waals surface area contributed by atoms with Gasteiger partial charge < -0.3 is 15.0 Å². The molecule has 0 saturated carbocycles. The molecule has 0 aliphatic carbocycles. The van der Waals surface area contributed by atoms with Gasteiger partial charge in [-0.1, -0.05) is 89.9 Å². The molecule has 0 heterocycles. The summed E-state index contributed by atoms with van der Waals surface area (Å²) in [6.45, 7) is -0.0319. The summed E-state index contributed by atoms with van der Waals surface area (Å²) >= 11 is 12.3. The molecule has 8 heteroatoms. The fourth-order valence-electron chi connectivity index (χ4n) is 4.05. The smallest absolute Gasteiger partial charge is 0.261 e. The number of ether oxygens (including phenoxy) is 1. The molecule has 39 heavy (non-hydrogen) atoms. The van der Waals surface area contributed by atoms with Gasteiger partial charge in [0.2, 0.25) is 5.91 Å². The topological polar surface area (TPSA) is 58.6 Å². The van der Waals surface area contributed by atoms with Crippen LogP contribution in [-0.2, 0) is 29.1 Å². The molecule has 5 nitrogen and oxygen atoms in total. The third-order valence-electron chi connectivity index (χ3n) is 6.11. The molecular weight excluding hydrogens is 538 g/mol. The molecule has 0 aliphatic heterocycles. The Balaban J connectivity index is 1.61. The van der Waals surface area contributed by atoms with E-state index in [0.29, 0.717) is 26.9 Å². The maximum Gasteiger partial charge on any atom is 0.261 e. The lowest BCUT2D eigenvalue weighted by Gasteiger charge is -2.31. The Hall–Kier alpha value is -3.87. The Bertz CT molecular complexity index is 1390.